The van der Waals surface area contributed by atoms with Crippen molar-refractivity contribution in [3.8, 4) is 0 Å². The van der Waals surface area contributed by atoms with E-state index in [4.69, 9.17) is 0 Å². The number of fused-ring (bicyclic) bond motifs is 3. The number of hydrogen-bond donors (Lipinski definition) is 1. The predicted octanol–water partition coefficient (Wildman–Crippen LogP) is 2.40. The van der Waals surface area contributed by atoms with E-state index in [1.54, 1.807) is 13.8 Å². The van der Waals surface area contributed by atoms with E-state index in [-0.39, 0.29) is 11.3 Å². The molecule has 1 N–H and O–H groups in total. The number of amides is 1. The van der Waals surface area contributed by atoms with Crippen LogP contribution in [0.25, 0.3) is 10.2 Å². The first-order valence-corrected chi connectivity index (χ1v) is 10.2. The average Bonchev–Trinajstić information content (AvgIpc) is 3.25. The van der Waals surface area contributed by atoms with Crippen molar-refractivity contribution in [2.75, 3.05) is 5.43 Å². The quantitative estimate of drug-likeness (QED) is 0.514. The summed E-state index contributed by atoms with van der Waals surface area (Å²) < 4.78 is 2.37. The van der Waals surface area contributed by atoms with Crippen LogP contribution in [-0.2, 0) is 19.4 Å². The highest BCUT2D eigenvalue weighted by Gasteiger charge is 2.28. The molecule has 1 amide bonds. The third kappa shape index (κ3) is 3.20. The smallest absolute Gasteiger partial charge is 0.267 e. The van der Waals surface area contributed by atoms with Crippen molar-refractivity contribution in [2.45, 2.75) is 46.6 Å². The van der Waals surface area contributed by atoms with Crippen LogP contribution >= 0.6 is 11.3 Å². The molecule has 0 fully saturated rings. The Kier molecular flexibility index (Phi) is 4.69. The van der Waals surface area contributed by atoms with Crippen LogP contribution in [0.15, 0.2) is 11.0 Å². The van der Waals surface area contributed by atoms with Crippen molar-refractivity contribution in [1.82, 2.24) is 19.4 Å². The van der Waals surface area contributed by atoms with Crippen LogP contribution in [0.4, 0.5) is 5.69 Å². The number of aryl methyl sites for hydroxylation is 3. The van der Waals surface area contributed by atoms with Gasteiger partial charge >= 0.3 is 5.69 Å². The van der Waals surface area contributed by atoms with Gasteiger partial charge in [-0.3, -0.25) is 29.8 Å². The summed E-state index contributed by atoms with van der Waals surface area (Å²) in [6, 6.07) is 0. The SMILES string of the molecule is CCn1cc([N+](=O)[O-])c(C(=O)Nn2c(C)nc3sc4c(c3c2=O)CC[C@H](C)C4)n1. The van der Waals surface area contributed by atoms with Crippen molar-refractivity contribution in [3.63, 3.8) is 0 Å². The molecule has 0 bridgehead atoms. The fraction of sp³-hybridized carbons (Fsp3) is 0.444. The van der Waals surface area contributed by atoms with Gasteiger partial charge in [0.15, 0.2) is 0 Å². The van der Waals surface area contributed by atoms with Crippen LogP contribution < -0.4 is 11.0 Å². The van der Waals surface area contributed by atoms with Gasteiger partial charge in [0, 0.05) is 11.4 Å². The van der Waals surface area contributed by atoms with Crippen LogP contribution in [-0.4, -0.2) is 30.3 Å². The van der Waals surface area contributed by atoms with E-state index >= 15 is 0 Å². The molecule has 11 heteroatoms. The van der Waals surface area contributed by atoms with Crippen LogP contribution in [0.2, 0.25) is 0 Å². The Morgan fingerprint density at radius 3 is 2.93 bits per heavy atom. The van der Waals surface area contributed by atoms with Crippen LogP contribution in [0, 0.1) is 23.0 Å². The third-order valence-electron chi connectivity index (χ3n) is 5.19. The Labute approximate surface area is 169 Å². The van der Waals surface area contributed by atoms with Crippen molar-refractivity contribution >= 4 is 33.1 Å². The maximum Gasteiger partial charge on any atom is 0.320 e. The molecule has 1 atom stereocenters. The molecule has 0 aromatic carbocycles. The maximum absolute atomic E-state index is 13.2. The summed E-state index contributed by atoms with van der Waals surface area (Å²) in [4.78, 5) is 42.8. The van der Waals surface area contributed by atoms with Gasteiger partial charge in [-0.25, -0.2) is 9.66 Å². The summed E-state index contributed by atoms with van der Waals surface area (Å²) in [6.45, 7) is 5.93. The zero-order valence-corrected chi connectivity index (χ0v) is 17.1. The van der Waals surface area contributed by atoms with E-state index in [9.17, 15) is 19.7 Å². The minimum absolute atomic E-state index is 0.306. The molecule has 152 valence electrons. The summed E-state index contributed by atoms with van der Waals surface area (Å²) in [5.74, 6) is 0.0425. The highest BCUT2D eigenvalue weighted by molar-refractivity contribution is 7.18. The number of rotatable bonds is 4. The highest BCUT2D eigenvalue weighted by atomic mass is 32.1. The largest absolute Gasteiger partial charge is 0.320 e. The lowest BCUT2D eigenvalue weighted by Crippen LogP contribution is -2.36. The fourth-order valence-corrected chi connectivity index (χ4v) is 5.06. The number of thiophene rings is 1. The Hall–Kier alpha value is -3.08. The van der Waals surface area contributed by atoms with E-state index in [0.29, 0.717) is 28.5 Å². The molecule has 3 aromatic heterocycles. The Bertz CT molecular complexity index is 1210. The van der Waals surface area contributed by atoms with Gasteiger partial charge < -0.3 is 0 Å². The molecular weight excluding hydrogens is 396 g/mol. The van der Waals surface area contributed by atoms with E-state index in [1.165, 1.54) is 27.1 Å². The zero-order valence-electron chi connectivity index (χ0n) is 16.3. The molecular formula is C18H20N6O4S. The number of carbonyl (C=O) groups is 1. The lowest BCUT2D eigenvalue weighted by molar-refractivity contribution is -0.385. The standard InChI is InChI=1S/C18H20N6O4S/c1-4-22-8-12(24(27)28)15(20-22)16(25)21-23-10(3)19-17-14(18(23)26)11-6-5-9(2)7-13(11)29-17/h8-9H,4-7H2,1-3H3,(H,21,25)/t9-/m0/s1. The van der Waals surface area contributed by atoms with E-state index in [0.717, 1.165) is 29.5 Å². The first-order valence-electron chi connectivity index (χ1n) is 9.37. The van der Waals surface area contributed by atoms with Gasteiger partial charge in [-0.1, -0.05) is 6.92 Å². The van der Waals surface area contributed by atoms with Crippen LogP contribution in [0.5, 0.6) is 0 Å². The van der Waals surface area contributed by atoms with E-state index in [1.807, 2.05) is 0 Å². The lowest BCUT2D eigenvalue weighted by atomic mass is 9.89. The summed E-state index contributed by atoms with van der Waals surface area (Å²) in [5, 5.41) is 15.8. The zero-order chi connectivity index (χ0) is 20.9. The normalized spacial score (nSPS) is 16.0. The summed E-state index contributed by atoms with van der Waals surface area (Å²) in [7, 11) is 0. The Balaban J connectivity index is 1.77. The average molecular weight is 416 g/mol. The van der Waals surface area contributed by atoms with Crippen LogP contribution in [0.1, 0.15) is 47.0 Å². The number of carbonyl (C=O) groups excluding carboxylic acids is 1. The third-order valence-corrected chi connectivity index (χ3v) is 6.34. The highest BCUT2D eigenvalue weighted by Crippen LogP contribution is 2.35. The predicted molar refractivity (Wildman–Crippen MR) is 108 cm³/mol. The van der Waals surface area contributed by atoms with Gasteiger partial charge in [0.05, 0.1) is 10.3 Å². The minimum atomic E-state index is -0.826. The number of nitrogens with zero attached hydrogens (tertiary/aromatic N) is 5. The molecule has 0 saturated carbocycles. The summed E-state index contributed by atoms with van der Waals surface area (Å²) in [6.07, 6.45) is 3.92. The molecule has 10 nitrogen and oxygen atoms in total. The van der Waals surface area contributed by atoms with Crippen molar-refractivity contribution < 1.29 is 9.72 Å². The molecule has 0 unspecified atom stereocenters. The summed E-state index contributed by atoms with van der Waals surface area (Å²) in [5.41, 5.74) is 2.33. The number of aromatic nitrogens is 4. The van der Waals surface area contributed by atoms with Crippen LogP contribution in [0.3, 0.4) is 0 Å². The first-order chi connectivity index (χ1) is 13.8. The van der Waals surface area contributed by atoms with Gasteiger partial charge in [0.2, 0.25) is 5.69 Å². The molecule has 1 aliphatic rings. The lowest BCUT2D eigenvalue weighted by Gasteiger charge is -2.17. The molecule has 0 saturated heterocycles. The van der Waals surface area contributed by atoms with Gasteiger partial charge in [-0.05, 0) is 44.6 Å². The van der Waals surface area contributed by atoms with Gasteiger partial charge in [-0.15, -0.1) is 11.3 Å². The Morgan fingerprint density at radius 2 is 2.24 bits per heavy atom. The van der Waals surface area contributed by atoms with Gasteiger partial charge in [0.1, 0.15) is 16.9 Å². The van der Waals surface area contributed by atoms with Gasteiger partial charge in [-0.2, -0.15) is 5.10 Å². The minimum Gasteiger partial charge on any atom is -0.267 e. The molecule has 3 heterocycles. The molecule has 0 spiro atoms. The molecule has 4 rings (SSSR count). The fourth-order valence-electron chi connectivity index (χ4n) is 3.65. The number of nitro groups is 1. The second-order valence-corrected chi connectivity index (χ2v) is 8.33. The molecule has 3 aromatic rings. The van der Waals surface area contributed by atoms with Gasteiger partial charge in [0.25, 0.3) is 11.5 Å². The maximum atomic E-state index is 13.2. The Morgan fingerprint density at radius 1 is 1.48 bits per heavy atom. The number of hydrogen-bond acceptors (Lipinski definition) is 7. The summed E-state index contributed by atoms with van der Waals surface area (Å²) >= 11 is 1.53. The van der Waals surface area contributed by atoms with E-state index < -0.39 is 16.5 Å². The molecule has 29 heavy (non-hydrogen) atoms. The monoisotopic (exact) mass is 416 g/mol. The molecule has 0 radical (unpaired) electrons. The van der Waals surface area contributed by atoms with Crippen molar-refractivity contribution in [1.29, 1.82) is 0 Å². The second-order valence-electron chi connectivity index (χ2n) is 7.25. The van der Waals surface area contributed by atoms with Crippen molar-refractivity contribution in [3.05, 3.63) is 48.6 Å². The molecule has 1 aliphatic carbocycles. The number of nitrogens with one attached hydrogen (secondary N) is 1. The van der Waals surface area contributed by atoms with E-state index in [2.05, 4.69) is 22.4 Å². The molecule has 0 aliphatic heterocycles. The van der Waals surface area contributed by atoms with Crippen molar-refractivity contribution in [2.24, 2.45) is 5.92 Å². The second kappa shape index (κ2) is 7.07. The topological polar surface area (TPSA) is 125 Å². The first kappa shape index (κ1) is 19.2.